The van der Waals surface area contributed by atoms with Gasteiger partial charge in [-0.2, -0.15) is 11.8 Å². The molecular weight excluding hydrogens is 360 g/mol. The number of ether oxygens (including phenoxy) is 1. The zero-order valence-corrected chi connectivity index (χ0v) is 18.6. The van der Waals surface area contributed by atoms with Crippen LogP contribution in [-0.4, -0.2) is 91.4 Å². The number of likely N-dealkylation sites (N-methyl/N-ethyl adjacent to an activating group) is 1. The van der Waals surface area contributed by atoms with Crippen molar-refractivity contribution in [3.05, 3.63) is 0 Å². The summed E-state index contributed by atoms with van der Waals surface area (Å²) in [6.45, 7) is 15.9. The predicted octanol–water partition coefficient (Wildman–Crippen LogP) is 2.25. The zero-order chi connectivity index (χ0) is 19.7. The Kier molecular flexibility index (Phi) is 9.70. The van der Waals surface area contributed by atoms with Crippen molar-refractivity contribution in [2.24, 2.45) is 5.92 Å². The van der Waals surface area contributed by atoms with Gasteiger partial charge in [0.05, 0.1) is 13.2 Å². The molecule has 2 saturated heterocycles. The lowest BCUT2D eigenvalue weighted by Crippen LogP contribution is -2.60. The number of amides is 2. The summed E-state index contributed by atoms with van der Waals surface area (Å²) in [6.07, 6.45) is 2.25. The number of nitrogens with zero attached hydrogens (tertiary/aromatic N) is 2. The van der Waals surface area contributed by atoms with E-state index < -0.39 is 0 Å². The van der Waals surface area contributed by atoms with E-state index >= 15 is 0 Å². The van der Waals surface area contributed by atoms with E-state index in [9.17, 15) is 4.79 Å². The van der Waals surface area contributed by atoms with E-state index in [-0.39, 0.29) is 11.6 Å². The van der Waals surface area contributed by atoms with Crippen molar-refractivity contribution in [2.45, 2.75) is 52.1 Å². The molecule has 0 saturated carbocycles. The summed E-state index contributed by atoms with van der Waals surface area (Å²) in [7, 11) is 0. The molecule has 2 amide bonds. The van der Waals surface area contributed by atoms with Crippen molar-refractivity contribution >= 4 is 17.8 Å². The lowest BCUT2D eigenvalue weighted by molar-refractivity contribution is -0.0124. The molecule has 0 spiro atoms. The van der Waals surface area contributed by atoms with E-state index in [2.05, 4.69) is 48.1 Å². The van der Waals surface area contributed by atoms with Crippen LogP contribution in [0.15, 0.2) is 0 Å². The number of nitrogens with one attached hydrogen (secondary N) is 2. The van der Waals surface area contributed by atoms with Gasteiger partial charge in [-0.1, -0.05) is 27.7 Å². The number of hydrogen-bond acceptors (Lipinski definition) is 5. The first-order chi connectivity index (χ1) is 13.0. The second kappa shape index (κ2) is 11.5. The summed E-state index contributed by atoms with van der Waals surface area (Å²) >= 11 is 2.00. The van der Waals surface area contributed by atoms with E-state index in [1.165, 1.54) is 5.75 Å². The number of carbonyl (C=O) groups excluding carboxylic acids is 1. The zero-order valence-electron chi connectivity index (χ0n) is 17.8. The SMILES string of the molecule is CCN(CC)C(CNC(=O)NCC1(N2CCOCC2)CCSC1)CC(C)C. The van der Waals surface area contributed by atoms with E-state index in [1.807, 2.05) is 11.8 Å². The number of carbonyl (C=O) groups is 1. The van der Waals surface area contributed by atoms with Gasteiger partial charge in [-0.05, 0) is 37.6 Å². The summed E-state index contributed by atoms with van der Waals surface area (Å²) < 4.78 is 5.52. The highest BCUT2D eigenvalue weighted by Gasteiger charge is 2.40. The first-order valence-corrected chi connectivity index (χ1v) is 11.8. The van der Waals surface area contributed by atoms with Crippen LogP contribution in [0.3, 0.4) is 0 Å². The van der Waals surface area contributed by atoms with Gasteiger partial charge in [0.15, 0.2) is 0 Å². The highest BCUT2D eigenvalue weighted by Crippen LogP contribution is 2.33. The average Bonchev–Trinajstić information content (AvgIpc) is 3.16. The van der Waals surface area contributed by atoms with Crippen molar-refractivity contribution in [1.82, 2.24) is 20.4 Å². The molecule has 0 radical (unpaired) electrons. The third-order valence-electron chi connectivity index (χ3n) is 5.91. The highest BCUT2D eigenvalue weighted by atomic mass is 32.2. The second-order valence-corrected chi connectivity index (χ2v) is 9.30. The Morgan fingerprint density at radius 1 is 1.22 bits per heavy atom. The smallest absolute Gasteiger partial charge is 0.314 e. The molecule has 2 N–H and O–H groups in total. The summed E-state index contributed by atoms with van der Waals surface area (Å²) in [6, 6.07) is 0.376. The lowest BCUT2D eigenvalue weighted by atomic mass is 9.95. The molecule has 27 heavy (non-hydrogen) atoms. The number of urea groups is 1. The van der Waals surface area contributed by atoms with Gasteiger partial charge in [0.1, 0.15) is 0 Å². The van der Waals surface area contributed by atoms with Gasteiger partial charge in [0, 0.05) is 43.5 Å². The predicted molar refractivity (Wildman–Crippen MR) is 115 cm³/mol. The molecule has 0 aromatic carbocycles. The minimum absolute atomic E-state index is 0.0274. The van der Waals surface area contributed by atoms with Crippen molar-refractivity contribution in [2.75, 3.05) is 64.0 Å². The van der Waals surface area contributed by atoms with Crippen LogP contribution < -0.4 is 10.6 Å². The molecule has 0 bridgehead atoms. The molecule has 2 aliphatic heterocycles. The minimum atomic E-state index is -0.0274. The van der Waals surface area contributed by atoms with E-state index in [4.69, 9.17) is 4.74 Å². The van der Waals surface area contributed by atoms with Crippen LogP contribution in [0.5, 0.6) is 0 Å². The first kappa shape index (κ1) is 22.8. The fraction of sp³-hybridized carbons (Fsp3) is 0.950. The minimum Gasteiger partial charge on any atom is -0.379 e. The second-order valence-electron chi connectivity index (χ2n) is 8.19. The maximum absolute atomic E-state index is 12.5. The Morgan fingerprint density at radius 2 is 1.93 bits per heavy atom. The number of morpholine rings is 1. The highest BCUT2D eigenvalue weighted by molar-refractivity contribution is 7.99. The average molecular weight is 401 g/mol. The van der Waals surface area contributed by atoms with Crippen molar-refractivity contribution in [3.8, 4) is 0 Å². The molecule has 2 atom stereocenters. The Balaban J connectivity index is 1.84. The third-order valence-corrected chi connectivity index (χ3v) is 7.15. The van der Waals surface area contributed by atoms with E-state index in [1.54, 1.807) is 0 Å². The van der Waals surface area contributed by atoms with Gasteiger partial charge in [-0.3, -0.25) is 9.80 Å². The van der Waals surface area contributed by atoms with E-state index in [0.29, 0.717) is 18.5 Å². The molecule has 2 fully saturated rings. The van der Waals surface area contributed by atoms with Gasteiger partial charge >= 0.3 is 6.03 Å². The normalized spacial score (nSPS) is 25.1. The van der Waals surface area contributed by atoms with Gasteiger partial charge in [0.2, 0.25) is 0 Å². The fourth-order valence-corrected chi connectivity index (χ4v) is 5.78. The molecular formula is C20H40N4O2S. The van der Waals surface area contributed by atoms with E-state index in [0.717, 1.165) is 64.5 Å². The molecule has 7 heteroatoms. The number of rotatable bonds is 10. The monoisotopic (exact) mass is 400 g/mol. The Labute approximate surface area is 170 Å². The molecule has 2 aliphatic rings. The maximum Gasteiger partial charge on any atom is 0.314 e. The van der Waals surface area contributed by atoms with Crippen LogP contribution in [0, 0.1) is 5.92 Å². The summed E-state index contributed by atoms with van der Waals surface area (Å²) in [5.41, 5.74) is 0.0992. The fourth-order valence-electron chi connectivity index (χ4n) is 4.30. The standard InChI is InChI=1S/C20H40N4O2S/c1-5-23(6-2)18(13-17(3)4)14-21-19(25)22-15-20(7-12-27-16-20)24-8-10-26-11-9-24/h17-18H,5-16H2,1-4H3,(H2,21,22,25). The van der Waals surface area contributed by atoms with Crippen LogP contribution in [0.25, 0.3) is 0 Å². The van der Waals surface area contributed by atoms with Crippen LogP contribution in [0.4, 0.5) is 4.79 Å². The molecule has 158 valence electrons. The largest absolute Gasteiger partial charge is 0.379 e. The Hall–Kier alpha value is -0.500. The van der Waals surface area contributed by atoms with Crippen LogP contribution in [-0.2, 0) is 4.74 Å². The molecule has 0 aromatic heterocycles. The molecule has 0 aromatic rings. The Bertz CT molecular complexity index is 434. The van der Waals surface area contributed by atoms with Crippen LogP contribution in [0.2, 0.25) is 0 Å². The van der Waals surface area contributed by atoms with Gasteiger partial charge in [0.25, 0.3) is 0 Å². The quantitative estimate of drug-likeness (QED) is 0.589. The van der Waals surface area contributed by atoms with Crippen molar-refractivity contribution in [3.63, 3.8) is 0 Å². The molecule has 2 heterocycles. The summed E-state index contributed by atoms with van der Waals surface area (Å²) in [4.78, 5) is 17.5. The molecule has 2 unspecified atom stereocenters. The van der Waals surface area contributed by atoms with Crippen LogP contribution >= 0.6 is 11.8 Å². The lowest BCUT2D eigenvalue weighted by Gasteiger charge is -2.43. The number of thioether (sulfide) groups is 1. The summed E-state index contributed by atoms with van der Waals surface area (Å²) in [5.74, 6) is 2.91. The van der Waals surface area contributed by atoms with Crippen molar-refractivity contribution in [1.29, 1.82) is 0 Å². The third kappa shape index (κ3) is 6.80. The van der Waals surface area contributed by atoms with Gasteiger partial charge in [-0.25, -0.2) is 4.79 Å². The number of hydrogen-bond donors (Lipinski definition) is 2. The van der Waals surface area contributed by atoms with Crippen LogP contribution in [0.1, 0.15) is 40.5 Å². The first-order valence-electron chi connectivity index (χ1n) is 10.7. The Morgan fingerprint density at radius 3 is 2.48 bits per heavy atom. The van der Waals surface area contributed by atoms with Gasteiger partial charge < -0.3 is 15.4 Å². The van der Waals surface area contributed by atoms with Crippen molar-refractivity contribution < 1.29 is 9.53 Å². The molecule has 6 nitrogen and oxygen atoms in total. The topological polar surface area (TPSA) is 56.8 Å². The van der Waals surface area contributed by atoms with Gasteiger partial charge in [-0.15, -0.1) is 0 Å². The summed E-state index contributed by atoms with van der Waals surface area (Å²) in [5, 5.41) is 6.32. The maximum atomic E-state index is 12.5. The molecule has 2 rings (SSSR count). The molecule has 0 aliphatic carbocycles.